The molecule has 0 radical (unpaired) electrons. The molecule has 1 aliphatic rings. The van der Waals surface area contributed by atoms with E-state index in [-0.39, 0.29) is 18.9 Å². The summed E-state index contributed by atoms with van der Waals surface area (Å²) in [7, 11) is 0. The van der Waals surface area contributed by atoms with Crippen molar-refractivity contribution < 1.29 is 28.7 Å². The van der Waals surface area contributed by atoms with E-state index in [2.05, 4.69) is 30.3 Å². The minimum atomic E-state index is -0.782. The molecule has 23 heavy (non-hydrogen) atoms. The third kappa shape index (κ3) is 6.29. The summed E-state index contributed by atoms with van der Waals surface area (Å²) >= 11 is 0. The zero-order chi connectivity index (χ0) is 17.2. The third-order valence-corrected chi connectivity index (χ3v) is 2.22. The van der Waals surface area contributed by atoms with Gasteiger partial charge in [0.2, 0.25) is 5.90 Å². The topological polar surface area (TPSA) is 107 Å². The van der Waals surface area contributed by atoms with E-state index in [0.29, 0.717) is 11.0 Å². The molecule has 0 spiro atoms. The monoisotopic (exact) mass is 321 g/mol. The number of hydrogen-bond acceptors (Lipinski definition) is 9. The van der Waals surface area contributed by atoms with Gasteiger partial charge in [0.05, 0.1) is 6.61 Å². The van der Waals surface area contributed by atoms with Gasteiger partial charge in [0.1, 0.15) is 0 Å². The number of carbonyl (C=O) groups is 3. The van der Waals surface area contributed by atoms with Crippen molar-refractivity contribution >= 4 is 23.8 Å². The van der Waals surface area contributed by atoms with Crippen LogP contribution >= 0.6 is 0 Å². The Kier molecular flexibility index (Phi) is 6.79. The molecule has 0 aromatic rings. The zero-order valence-electron chi connectivity index (χ0n) is 12.2. The number of hydrogen-bond donors (Lipinski definition) is 1. The SMILES string of the molecule is C=CC(=O)OCCC1=CC(OC(=O)C=C)=NN(OC(=O)C=C)N1. The molecule has 0 saturated carbocycles. The molecule has 0 aromatic heterocycles. The van der Waals surface area contributed by atoms with Crippen molar-refractivity contribution in [3.63, 3.8) is 0 Å². The fourth-order valence-electron chi connectivity index (χ4n) is 1.26. The molecule has 0 fully saturated rings. The maximum Gasteiger partial charge on any atom is 0.359 e. The van der Waals surface area contributed by atoms with Crippen molar-refractivity contribution in [1.29, 1.82) is 0 Å². The van der Waals surface area contributed by atoms with Crippen LogP contribution in [0.2, 0.25) is 0 Å². The number of carbonyl (C=O) groups excluding carboxylic acids is 3. The molecule has 1 aliphatic heterocycles. The van der Waals surface area contributed by atoms with Gasteiger partial charge in [0, 0.05) is 36.4 Å². The summed E-state index contributed by atoms with van der Waals surface area (Å²) in [5.41, 5.74) is 3.03. The van der Waals surface area contributed by atoms with Crippen molar-refractivity contribution in [3.8, 4) is 0 Å². The molecule has 9 nitrogen and oxygen atoms in total. The number of rotatable bonds is 7. The van der Waals surface area contributed by atoms with Crippen LogP contribution in [-0.4, -0.2) is 35.7 Å². The summed E-state index contributed by atoms with van der Waals surface area (Å²) in [4.78, 5) is 38.2. The van der Waals surface area contributed by atoms with Crippen molar-refractivity contribution in [3.05, 3.63) is 49.7 Å². The van der Waals surface area contributed by atoms with Crippen molar-refractivity contribution in [2.24, 2.45) is 5.10 Å². The molecule has 9 heteroatoms. The molecule has 122 valence electrons. The molecule has 0 bridgehead atoms. The fourth-order valence-corrected chi connectivity index (χ4v) is 1.26. The Morgan fingerprint density at radius 3 is 2.39 bits per heavy atom. The van der Waals surface area contributed by atoms with Crippen LogP contribution in [0.3, 0.4) is 0 Å². The fraction of sp³-hybridized carbons (Fsp3) is 0.143. The van der Waals surface area contributed by atoms with Gasteiger partial charge in [-0.1, -0.05) is 24.8 Å². The van der Waals surface area contributed by atoms with Crippen LogP contribution < -0.4 is 5.43 Å². The van der Waals surface area contributed by atoms with Crippen molar-refractivity contribution in [2.75, 3.05) is 6.61 Å². The van der Waals surface area contributed by atoms with Crippen LogP contribution in [-0.2, 0) is 28.7 Å². The first-order chi connectivity index (χ1) is 11.0. The summed E-state index contributed by atoms with van der Waals surface area (Å²) in [6.07, 6.45) is 4.49. The van der Waals surface area contributed by atoms with Crippen LogP contribution in [0.5, 0.6) is 0 Å². The van der Waals surface area contributed by atoms with E-state index in [1.807, 2.05) is 0 Å². The highest BCUT2D eigenvalue weighted by molar-refractivity contribution is 5.99. The van der Waals surface area contributed by atoms with Crippen LogP contribution in [0.1, 0.15) is 6.42 Å². The van der Waals surface area contributed by atoms with E-state index in [4.69, 9.17) is 14.3 Å². The minimum Gasteiger partial charge on any atom is -0.462 e. The number of hydrazine groups is 1. The number of ether oxygens (including phenoxy) is 2. The van der Waals surface area contributed by atoms with E-state index >= 15 is 0 Å². The third-order valence-electron chi connectivity index (χ3n) is 2.22. The first-order valence-electron chi connectivity index (χ1n) is 6.32. The van der Waals surface area contributed by atoms with Gasteiger partial charge in [-0.2, -0.15) is 0 Å². The second-order valence-corrected chi connectivity index (χ2v) is 3.85. The highest BCUT2D eigenvalue weighted by Gasteiger charge is 2.18. The smallest absolute Gasteiger partial charge is 0.359 e. The van der Waals surface area contributed by atoms with Crippen LogP contribution in [0.15, 0.2) is 54.8 Å². The van der Waals surface area contributed by atoms with Crippen LogP contribution in [0, 0.1) is 0 Å². The van der Waals surface area contributed by atoms with Gasteiger partial charge < -0.3 is 9.47 Å². The molecule has 1 N–H and O–H groups in total. The summed E-state index contributed by atoms with van der Waals surface area (Å²) in [5.74, 6) is -2.25. The van der Waals surface area contributed by atoms with E-state index in [9.17, 15) is 14.4 Å². The lowest BCUT2D eigenvalue weighted by Crippen LogP contribution is -2.39. The summed E-state index contributed by atoms with van der Waals surface area (Å²) < 4.78 is 9.68. The van der Waals surface area contributed by atoms with Gasteiger partial charge in [-0.25, -0.2) is 14.4 Å². The maximum absolute atomic E-state index is 11.2. The Morgan fingerprint density at radius 1 is 1.13 bits per heavy atom. The van der Waals surface area contributed by atoms with Crippen LogP contribution in [0.4, 0.5) is 0 Å². The Hall–Kier alpha value is -3.36. The number of nitrogens with zero attached hydrogens (tertiary/aromatic N) is 2. The quantitative estimate of drug-likeness (QED) is 0.533. The molecular weight excluding hydrogens is 306 g/mol. The predicted octanol–water partition coefficient (Wildman–Crippen LogP) is 0.497. The predicted molar refractivity (Wildman–Crippen MR) is 78.8 cm³/mol. The molecule has 1 heterocycles. The minimum absolute atomic E-state index is 0.0234. The number of esters is 2. The molecular formula is C14H15N3O6. The van der Waals surface area contributed by atoms with Crippen molar-refractivity contribution in [2.45, 2.75) is 6.42 Å². The van der Waals surface area contributed by atoms with E-state index in [0.717, 1.165) is 18.2 Å². The standard InChI is InChI=1S/C14H15N3O6/c1-4-12(18)21-8-7-10-9-11(22-13(19)5-2)16-17(15-10)23-14(20)6-3/h4-6,9,15H,1-3,7-8H2. The van der Waals surface area contributed by atoms with E-state index in [1.54, 1.807) is 0 Å². The lowest BCUT2D eigenvalue weighted by atomic mass is 10.3. The first-order valence-corrected chi connectivity index (χ1v) is 6.32. The average Bonchev–Trinajstić information content (AvgIpc) is 2.54. The molecule has 0 saturated heterocycles. The van der Waals surface area contributed by atoms with E-state index < -0.39 is 17.9 Å². The molecule has 0 aromatic carbocycles. The lowest BCUT2D eigenvalue weighted by Gasteiger charge is -2.24. The van der Waals surface area contributed by atoms with Gasteiger partial charge >= 0.3 is 17.9 Å². The highest BCUT2D eigenvalue weighted by atomic mass is 16.8. The number of hydrazone groups is 1. The molecule has 0 unspecified atom stereocenters. The first kappa shape index (κ1) is 17.7. The maximum atomic E-state index is 11.2. The molecule has 1 rings (SSSR count). The largest absolute Gasteiger partial charge is 0.462 e. The second kappa shape index (κ2) is 8.82. The van der Waals surface area contributed by atoms with Crippen LogP contribution in [0.25, 0.3) is 0 Å². The highest BCUT2D eigenvalue weighted by Crippen LogP contribution is 2.09. The zero-order valence-corrected chi connectivity index (χ0v) is 12.2. The summed E-state index contributed by atoms with van der Waals surface area (Å²) in [6.45, 7) is 9.80. The average molecular weight is 321 g/mol. The van der Waals surface area contributed by atoms with Crippen molar-refractivity contribution in [1.82, 2.24) is 10.7 Å². The van der Waals surface area contributed by atoms with E-state index in [1.165, 1.54) is 6.08 Å². The Morgan fingerprint density at radius 2 is 1.78 bits per heavy atom. The van der Waals surface area contributed by atoms with Gasteiger partial charge in [-0.3, -0.25) is 10.3 Å². The van der Waals surface area contributed by atoms with Gasteiger partial charge in [0.15, 0.2) is 0 Å². The van der Waals surface area contributed by atoms with Gasteiger partial charge in [-0.15, -0.1) is 0 Å². The summed E-state index contributed by atoms with van der Waals surface area (Å²) in [6, 6.07) is 0. The Bertz CT molecular complexity index is 593. The molecule has 0 aliphatic carbocycles. The number of nitrogens with one attached hydrogen (secondary N) is 1. The second-order valence-electron chi connectivity index (χ2n) is 3.85. The lowest BCUT2D eigenvalue weighted by molar-refractivity contribution is -0.199. The molecule has 0 atom stereocenters. The summed E-state index contributed by atoms with van der Waals surface area (Å²) in [5, 5.41) is 4.42. The molecule has 0 amide bonds. The normalized spacial score (nSPS) is 12.8. The van der Waals surface area contributed by atoms with Gasteiger partial charge in [0.25, 0.3) is 0 Å². The Labute approximate surface area is 132 Å². The van der Waals surface area contributed by atoms with Gasteiger partial charge in [-0.05, 0) is 5.28 Å². The Balaban J connectivity index is 2.76.